The number of pyridine rings is 1. The van der Waals surface area contributed by atoms with Crippen molar-refractivity contribution in [1.29, 1.82) is 0 Å². The highest BCUT2D eigenvalue weighted by atomic mass is 19.1. The van der Waals surface area contributed by atoms with E-state index in [1.165, 1.54) is 12.1 Å². The lowest BCUT2D eigenvalue weighted by atomic mass is 10.2. The molecule has 0 aliphatic heterocycles. The molecule has 3 aromatic rings. The average Bonchev–Trinajstić information content (AvgIpc) is 2.76. The van der Waals surface area contributed by atoms with Gasteiger partial charge in [0.25, 0.3) is 0 Å². The van der Waals surface area contributed by atoms with Crippen LogP contribution in [0.5, 0.6) is 17.4 Å². The molecule has 0 unspecified atom stereocenters. The Balaban J connectivity index is 1.51. The predicted octanol–water partition coefficient (Wildman–Crippen LogP) is 3.89. The molecule has 0 saturated carbocycles. The molecule has 6 nitrogen and oxygen atoms in total. The van der Waals surface area contributed by atoms with E-state index in [1.807, 2.05) is 30.3 Å². The third-order valence-corrected chi connectivity index (χ3v) is 4.16. The molecule has 0 aliphatic rings. The van der Waals surface area contributed by atoms with Gasteiger partial charge in [-0.3, -0.25) is 4.99 Å². The van der Waals surface area contributed by atoms with Crippen LogP contribution in [0.15, 0.2) is 71.9 Å². The van der Waals surface area contributed by atoms with Crippen LogP contribution in [0, 0.1) is 5.82 Å². The van der Waals surface area contributed by atoms with Crippen molar-refractivity contribution in [2.45, 2.75) is 13.1 Å². The van der Waals surface area contributed by atoms with Gasteiger partial charge in [-0.15, -0.1) is 0 Å². The van der Waals surface area contributed by atoms with Crippen molar-refractivity contribution in [2.75, 3.05) is 14.2 Å². The number of ether oxygens (including phenoxy) is 2. The van der Waals surface area contributed by atoms with E-state index in [9.17, 15) is 4.39 Å². The SMILES string of the molecule is CN=C(NCc1ccc(Oc2ccc(F)cc2)nc1)NCc1ccccc1OC. The number of benzene rings is 2. The smallest absolute Gasteiger partial charge is 0.219 e. The van der Waals surface area contributed by atoms with Crippen LogP contribution in [0.4, 0.5) is 4.39 Å². The highest BCUT2D eigenvalue weighted by Crippen LogP contribution is 2.19. The lowest BCUT2D eigenvalue weighted by Gasteiger charge is -2.14. The Labute approximate surface area is 169 Å². The number of aromatic nitrogens is 1. The average molecular weight is 394 g/mol. The Morgan fingerprint density at radius 2 is 1.76 bits per heavy atom. The quantitative estimate of drug-likeness (QED) is 0.470. The van der Waals surface area contributed by atoms with Gasteiger partial charge in [0.2, 0.25) is 5.88 Å². The first-order chi connectivity index (χ1) is 14.2. The Kier molecular flexibility index (Phi) is 7.00. The van der Waals surface area contributed by atoms with Gasteiger partial charge in [0.1, 0.15) is 17.3 Å². The van der Waals surface area contributed by atoms with E-state index in [1.54, 1.807) is 38.6 Å². The summed E-state index contributed by atoms with van der Waals surface area (Å²) in [5.41, 5.74) is 2.01. The Morgan fingerprint density at radius 1 is 1.00 bits per heavy atom. The number of guanidine groups is 1. The van der Waals surface area contributed by atoms with Crippen molar-refractivity contribution >= 4 is 5.96 Å². The molecule has 1 aromatic heterocycles. The van der Waals surface area contributed by atoms with E-state index < -0.39 is 0 Å². The molecular formula is C22H23FN4O2. The number of nitrogens with zero attached hydrogens (tertiary/aromatic N) is 2. The topological polar surface area (TPSA) is 67.8 Å². The maximum Gasteiger partial charge on any atom is 0.219 e. The molecule has 0 aliphatic carbocycles. The first kappa shape index (κ1) is 20.1. The summed E-state index contributed by atoms with van der Waals surface area (Å²) in [5.74, 6) is 2.17. The fourth-order valence-corrected chi connectivity index (χ4v) is 2.63. The predicted molar refractivity (Wildman–Crippen MR) is 111 cm³/mol. The third kappa shape index (κ3) is 5.93. The Bertz CT molecular complexity index is 944. The van der Waals surface area contributed by atoms with Gasteiger partial charge in [-0.2, -0.15) is 0 Å². The third-order valence-electron chi connectivity index (χ3n) is 4.16. The van der Waals surface area contributed by atoms with Crippen LogP contribution in [0.1, 0.15) is 11.1 Å². The van der Waals surface area contributed by atoms with Crippen molar-refractivity contribution < 1.29 is 13.9 Å². The minimum Gasteiger partial charge on any atom is -0.496 e. The summed E-state index contributed by atoms with van der Waals surface area (Å²) >= 11 is 0. The molecule has 0 fully saturated rings. The molecule has 29 heavy (non-hydrogen) atoms. The van der Waals surface area contributed by atoms with Crippen molar-refractivity contribution in [3.63, 3.8) is 0 Å². The zero-order valence-electron chi connectivity index (χ0n) is 16.4. The van der Waals surface area contributed by atoms with Crippen molar-refractivity contribution in [1.82, 2.24) is 15.6 Å². The van der Waals surface area contributed by atoms with Gasteiger partial charge in [0, 0.05) is 38.0 Å². The number of hydrogen-bond donors (Lipinski definition) is 2. The summed E-state index contributed by atoms with van der Waals surface area (Å²) in [5, 5.41) is 6.51. The maximum absolute atomic E-state index is 12.9. The van der Waals surface area contributed by atoms with Crippen LogP contribution in [-0.4, -0.2) is 25.1 Å². The van der Waals surface area contributed by atoms with E-state index in [2.05, 4.69) is 20.6 Å². The zero-order chi connectivity index (χ0) is 20.5. The molecule has 0 atom stereocenters. The normalized spacial score (nSPS) is 11.1. The molecule has 2 N–H and O–H groups in total. The van der Waals surface area contributed by atoms with Crippen LogP contribution < -0.4 is 20.1 Å². The molecular weight excluding hydrogens is 371 g/mol. The van der Waals surface area contributed by atoms with E-state index in [0.29, 0.717) is 30.7 Å². The lowest BCUT2D eigenvalue weighted by Crippen LogP contribution is -2.36. The number of aliphatic imine (C=N–C) groups is 1. The number of rotatable bonds is 7. The van der Waals surface area contributed by atoms with E-state index in [4.69, 9.17) is 9.47 Å². The van der Waals surface area contributed by atoms with Gasteiger partial charge in [0.15, 0.2) is 5.96 Å². The number of hydrogen-bond acceptors (Lipinski definition) is 4. The van der Waals surface area contributed by atoms with Crippen molar-refractivity contribution in [3.8, 4) is 17.4 Å². The second-order valence-electron chi connectivity index (χ2n) is 6.15. The molecule has 0 spiro atoms. The molecule has 150 valence electrons. The van der Waals surface area contributed by atoms with E-state index >= 15 is 0 Å². The van der Waals surface area contributed by atoms with Gasteiger partial charge in [-0.05, 0) is 35.9 Å². The maximum atomic E-state index is 12.9. The number of nitrogens with one attached hydrogen (secondary N) is 2. The molecule has 2 aromatic carbocycles. The first-order valence-electron chi connectivity index (χ1n) is 9.12. The highest BCUT2D eigenvalue weighted by Gasteiger charge is 2.04. The zero-order valence-corrected chi connectivity index (χ0v) is 16.4. The minimum atomic E-state index is -0.306. The molecule has 1 heterocycles. The minimum absolute atomic E-state index is 0.306. The van der Waals surface area contributed by atoms with Crippen LogP contribution in [0.2, 0.25) is 0 Å². The number of methoxy groups -OCH3 is 1. The Hall–Kier alpha value is -3.61. The summed E-state index contributed by atoms with van der Waals surface area (Å²) in [6, 6.07) is 17.3. The summed E-state index contributed by atoms with van der Waals surface area (Å²) in [7, 11) is 3.37. The van der Waals surface area contributed by atoms with Crippen molar-refractivity contribution in [3.05, 3.63) is 83.8 Å². The summed E-state index contributed by atoms with van der Waals surface area (Å²) in [6.45, 7) is 1.14. The van der Waals surface area contributed by atoms with Gasteiger partial charge in [0.05, 0.1) is 7.11 Å². The second kappa shape index (κ2) is 10.1. The van der Waals surface area contributed by atoms with Gasteiger partial charge < -0.3 is 20.1 Å². The largest absolute Gasteiger partial charge is 0.496 e. The summed E-state index contributed by atoms with van der Waals surface area (Å²) in [6.07, 6.45) is 1.72. The lowest BCUT2D eigenvalue weighted by molar-refractivity contribution is 0.409. The number of para-hydroxylation sites is 1. The molecule has 7 heteroatoms. The monoisotopic (exact) mass is 394 g/mol. The molecule has 0 bridgehead atoms. The van der Waals surface area contributed by atoms with Crippen LogP contribution in [-0.2, 0) is 13.1 Å². The Morgan fingerprint density at radius 3 is 2.45 bits per heavy atom. The van der Waals surface area contributed by atoms with Gasteiger partial charge in [-0.1, -0.05) is 24.3 Å². The molecule has 0 amide bonds. The van der Waals surface area contributed by atoms with Gasteiger partial charge in [-0.25, -0.2) is 9.37 Å². The van der Waals surface area contributed by atoms with Gasteiger partial charge >= 0.3 is 0 Å². The standard InChI is InChI=1S/C22H23FN4O2/c1-24-22(27-15-17-5-3-4-6-20(17)28-2)26-14-16-7-12-21(25-13-16)29-19-10-8-18(23)9-11-19/h3-13H,14-15H2,1-2H3,(H2,24,26,27). The fourth-order valence-electron chi connectivity index (χ4n) is 2.63. The fraction of sp³-hybridized carbons (Fsp3) is 0.182. The highest BCUT2D eigenvalue weighted by molar-refractivity contribution is 5.79. The van der Waals surface area contributed by atoms with Crippen molar-refractivity contribution in [2.24, 2.45) is 4.99 Å². The second-order valence-corrected chi connectivity index (χ2v) is 6.15. The molecule has 3 rings (SSSR count). The molecule has 0 radical (unpaired) electrons. The summed E-state index contributed by atoms with van der Waals surface area (Å²) in [4.78, 5) is 8.52. The van der Waals surface area contributed by atoms with Crippen LogP contribution in [0.25, 0.3) is 0 Å². The van der Waals surface area contributed by atoms with Crippen LogP contribution >= 0.6 is 0 Å². The summed E-state index contributed by atoms with van der Waals surface area (Å²) < 4.78 is 23.9. The van der Waals surface area contributed by atoms with E-state index in [-0.39, 0.29) is 5.82 Å². The van der Waals surface area contributed by atoms with E-state index in [0.717, 1.165) is 16.9 Å². The van der Waals surface area contributed by atoms with Crippen LogP contribution in [0.3, 0.4) is 0 Å². The number of halogens is 1. The first-order valence-corrected chi connectivity index (χ1v) is 9.12. The molecule has 0 saturated heterocycles.